The Balaban J connectivity index is 0.00000192. The van der Waals surface area contributed by atoms with Crippen LogP contribution in [0.2, 0.25) is 0 Å². The first kappa shape index (κ1) is 17.4. The summed E-state index contributed by atoms with van der Waals surface area (Å²) in [4.78, 5) is 14.8. The lowest BCUT2D eigenvalue weighted by Gasteiger charge is -2.27. The van der Waals surface area contributed by atoms with E-state index in [0.29, 0.717) is 12.1 Å². The van der Waals surface area contributed by atoms with Crippen LogP contribution in [-0.2, 0) is 0 Å². The summed E-state index contributed by atoms with van der Waals surface area (Å²) in [5.74, 6) is -0.0700. The summed E-state index contributed by atoms with van der Waals surface area (Å²) in [6.07, 6.45) is 3.18. The molecule has 1 aliphatic rings. The van der Waals surface area contributed by atoms with Gasteiger partial charge in [0.15, 0.2) is 0 Å². The number of nitrogens with zero attached hydrogens (tertiary/aromatic N) is 4. The van der Waals surface area contributed by atoms with Crippen molar-refractivity contribution in [2.24, 2.45) is 0 Å². The zero-order valence-corrected chi connectivity index (χ0v) is 13.6. The highest BCUT2D eigenvalue weighted by Crippen LogP contribution is 2.13. The minimum Gasteiger partial charge on any atom is -0.351 e. The fourth-order valence-corrected chi connectivity index (χ4v) is 2.57. The zero-order chi connectivity index (χ0) is 15.2. The molecule has 1 amide bonds. The highest BCUT2D eigenvalue weighted by Gasteiger charge is 2.13. The van der Waals surface area contributed by atoms with E-state index in [0.717, 1.165) is 38.4 Å². The second-order valence-corrected chi connectivity index (χ2v) is 5.23. The van der Waals surface area contributed by atoms with Gasteiger partial charge in [0.05, 0.1) is 11.3 Å². The summed E-state index contributed by atoms with van der Waals surface area (Å²) in [6.45, 7) is 5.63. The molecule has 8 heteroatoms. The third-order valence-electron chi connectivity index (χ3n) is 3.77. The van der Waals surface area contributed by atoms with Crippen LogP contribution in [0.25, 0.3) is 5.69 Å². The Kier molecular flexibility index (Phi) is 6.52. The first-order valence-corrected chi connectivity index (χ1v) is 7.50. The molecule has 0 unspecified atom stereocenters. The van der Waals surface area contributed by atoms with Crippen LogP contribution in [-0.4, -0.2) is 64.8 Å². The Bertz CT molecular complexity index is 612. The van der Waals surface area contributed by atoms with Crippen molar-refractivity contribution < 1.29 is 4.79 Å². The van der Waals surface area contributed by atoms with Crippen molar-refractivity contribution in [3.63, 3.8) is 0 Å². The maximum atomic E-state index is 12.4. The molecule has 23 heavy (non-hydrogen) atoms. The van der Waals surface area contributed by atoms with Gasteiger partial charge < -0.3 is 10.6 Å². The van der Waals surface area contributed by atoms with Crippen LogP contribution in [0.15, 0.2) is 36.9 Å². The summed E-state index contributed by atoms with van der Waals surface area (Å²) < 4.78 is 1.74. The lowest BCUT2D eigenvalue weighted by atomic mass is 10.1. The third-order valence-corrected chi connectivity index (χ3v) is 3.77. The van der Waals surface area contributed by atoms with Gasteiger partial charge in [-0.2, -0.15) is 0 Å². The average molecular weight is 337 g/mol. The minimum absolute atomic E-state index is 0. The van der Waals surface area contributed by atoms with Gasteiger partial charge in [0.25, 0.3) is 5.91 Å². The molecule has 1 aromatic heterocycles. The van der Waals surface area contributed by atoms with E-state index in [1.165, 1.54) is 0 Å². The van der Waals surface area contributed by atoms with Gasteiger partial charge in [-0.1, -0.05) is 12.1 Å². The second kappa shape index (κ2) is 8.61. The van der Waals surface area contributed by atoms with E-state index in [9.17, 15) is 4.79 Å². The lowest BCUT2D eigenvalue weighted by molar-refractivity contribution is 0.0947. The van der Waals surface area contributed by atoms with Crippen molar-refractivity contribution >= 4 is 18.3 Å². The van der Waals surface area contributed by atoms with E-state index in [2.05, 4.69) is 25.7 Å². The maximum absolute atomic E-state index is 12.4. The van der Waals surface area contributed by atoms with E-state index in [4.69, 9.17) is 0 Å². The molecule has 1 fully saturated rings. The predicted molar refractivity (Wildman–Crippen MR) is 90.2 cm³/mol. The van der Waals surface area contributed by atoms with Crippen molar-refractivity contribution in [3.8, 4) is 5.69 Å². The molecule has 0 atom stereocenters. The molecule has 1 aromatic carbocycles. The number of rotatable bonds is 5. The van der Waals surface area contributed by atoms with E-state index < -0.39 is 0 Å². The van der Waals surface area contributed by atoms with Gasteiger partial charge in [0.1, 0.15) is 12.7 Å². The second-order valence-electron chi connectivity index (χ2n) is 5.23. The number of nitrogens with one attached hydrogen (secondary N) is 2. The maximum Gasteiger partial charge on any atom is 0.253 e. The van der Waals surface area contributed by atoms with E-state index in [-0.39, 0.29) is 18.3 Å². The van der Waals surface area contributed by atoms with E-state index >= 15 is 0 Å². The molecular weight excluding hydrogens is 316 g/mol. The Labute approximate surface area is 141 Å². The summed E-state index contributed by atoms with van der Waals surface area (Å²) in [7, 11) is 0. The van der Waals surface area contributed by atoms with Crippen LogP contribution in [0.3, 0.4) is 0 Å². The number of carbonyl (C=O) groups is 1. The van der Waals surface area contributed by atoms with Crippen LogP contribution in [0, 0.1) is 0 Å². The highest BCUT2D eigenvalue weighted by atomic mass is 35.5. The number of para-hydroxylation sites is 1. The Morgan fingerprint density at radius 1 is 1.17 bits per heavy atom. The van der Waals surface area contributed by atoms with E-state index in [1.807, 2.05) is 24.3 Å². The van der Waals surface area contributed by atoms with Crippen LogP contribution >= 0.6 is 12.4 Å². The molecule has 2 aromatic rings. The van der Waals surface area contributed by atoms with Gasteiger partial charge in [0.2, 0.25) is 0 Å². The average Bonchev–Trinajstić information content (AvgIpc) is 3.10. The topological polar surface area (TPSA) is 75.1 Å². The lowest BCUT2D eigenvalue weighted by Crippen LogP contribution is -2.46. The number of carbonyl (C=O) groups excluding carboxylic acids is 1. The van der Waals surface area contributed by atoms with Crippen molar-refractivity contribution in [1.82, 2.24) is 30.3 Å². The Morgan fingerprint density at radius 3 is 2.61 bits per heavy atom. The molecular formula is C15H21ClN6O. The molecule has 0 bridgehead atoms. The quantitative estimate of drug-likeness (QED) is 0.822. The van der Waals surface area contributed by atoms with Crippen LogP contribution < -0.4 is 10.6 Å². The third kappa shape index (κ3) is 4.51. The molecule has 124 valence electrons. The molecule has 2 heterocycles. The Morgan fingerprint density at radius 2 is 1.87 bits per heavy atom. The largest absolute Gasteiger partial charge is 0.351 e. The fraction of sp³-hybridized carbons (Fsp3) is 0.400. The fourth-order valence-electron chi connectivity index (χ4n) is 2.57. The molecule has 1 aliphatic heterocycles. The molecule has 0 radical (unpaired) electrons. The molecule has 2 N–H and O–H groups in total. The summed E-state index contributed by atoms with van der Waals surface area (Å²) in [6, 6.07) is 7.45. The monoisotopic (exact) mass is 336 g/mol. The molecule has 0 aliphatic carbocycles. The summed E-state index contributed by atoms with van der Waals surface area (Å²) >= 11 is 0. The summed E-state index contributed by atoms with van der Waals surface area (Å²) in [5.41, 5.74) is 1.41. The number of benzene rings is 1. The first-order chi connectivity index (χ1) is 10.8. The van der Waals surface area contributed by atoms with Crippen LogP contribution in [0.4, 0.5) is 0 Å². The van der Waals surface area contributed by atoms with Crippen molar-refractivity contribution in [3.05, 3.63) is 42.5 Å². The summed E-state index contributed by atoms with van der Waals surface area (Å²) in [5, 5.41) is 13.9. The SMILES string of the molecule is Cl.O=C(NCCN1CCNCC1)c1ccccc1-n1cnnc1. The van der Waals surface area contributed by atoms with Gasteiger partial charge in [-0.05, 0) is 12.1 Å². The van der Waals surface area contributed by atoms with Gasteiger partial charge >= 0.3 is 0 Å². The highest BCUT2D eigenvalue weighted by molar-refractivity contribution is 5.97. The number of aromatic nitrogens is 3. The standard InChI is InChI=1S/C15H20N6O.ClH/c22-15(17-7-10-20-8-5-16-6-9-20)13-3-1-2-4-14(13)21-11-18-19-12-21;/h1-4,11-12,16H,5-10H2,(H,17,22);1H. The van der Waals surface area contributed by atoms with Crippen LogP contribution in [0.5, 0.6) is 0 Å². The molecule has 3 rings (SSSR count). The van der Waals surface area contributed by atoms with Gasteiger partial charge in [0, 0.05) is 39.3 Å². The van der Waals surface area contributed by atoms with Crippen molar-refractivity contribution in [2.45, 2.75) is 0 Å². The Hall–Kier alpha value is -1.96. The smallest absolute Gasteiger partial charge is 0.253 e. The number of halogens is 1. The van der Waals surface area contributed by atoms with Crippen LogP contribution in [0.1, 0.15) is 10.4 Å². The van der Waals surface area contributed by atoms with Crippen molar-refractivity contribution in [1.29, 1.82) is 0 Å². The van der Waals surface area contributed by atoms with Gasteiger partial charge in [-0.25, -0.2) is 0 Å². The number of amides is 1. The molecule has 1 saturated heterocycles. The minimum atomic E-state index is -0.0700. The van der Waals surface area contributed by atoms with Gasteiger partial charge in [-0.15, -0.1) is 22.6 Å². The predicted octanol–water partition coefficient (Wildman–Crippen LogP) is 0.324. The molecule has 7 nitrogen and oxygen atoms in total. The number of hydrogen-bond donors (Lipinski definition) is 2. The van der Waals surface area contributed by atoms with Gasteiger partial charge in [-0.3, -0.25) is 14.3 Å². The normalized spacial score (nSPS) is 15.0. The number of piperazine rings is 1. The molecule has 0 saturated carbocycles. The number of hydrogen-bond acceptors (Lipinski definition) is 5. The molecule has 0 spiro atoms. The van der Waals surface area contributed by atoms with Crippen molar-refractivity contribution in [2.75, 3.05) is 39.3 Å². The first-order valence-electron chi connectivity index (χ1n) is 7.50. The zero-order valence-electron chi connectivity index (χ0n) is 12.8. The van der Waals surface area contributed by atoms with E-state index in [1.54, 1.807) is 17.2 Å².